The lowest BCUT2D eigenvalue weighted by Crippen LogP contribution is -2.16. The maximum Gasteiger partial charge on any atom is 0.130 e. The summed E-state index contributed by atoms with van der Waals surface area (Å²) < 4.78 is 11.0. The van der Waals surface area contributed by atoms with Crippen LogP contribution in [0.15, 0.2) is 18.2 Å². The van der Waals surface area contributed by atoms with Crippen LogP contribution < -0.4 is 10.5 Å². The van der Waals surface area contributed by atoms with E-state index in [1.807, 2.05) is 12.1 Å². The van der Waals surface area contributed by atoms with Crippen molar-refractivity contribution in [3.05, 3.63) is 28.8 Å². The van der Waals surface area contributed by atoms with Crippen LogP contribution in [0.4, 0.5) is 0 Å². The predicted molar refractivity (Wildman–Crippen MR) is 71.8 cm³/mol. The highest BCUT2D eigenvalue weighted by Gasteiger charge is 2.18. The first-order valence-electron chi connectivity index (χ1n) is 5.47. The van der Waals surface area contributed by atoms with E-state index in [9.17, 15) is 0 Å². The number of benzene rings is 1. The summed E-state index contributed by atoms with van der Waals surface area (Å²) in [7, 11) is 0. The van der Waals surface area contributed by atoms with Crippen molar-refractivity contribution >= 4 is 28.8 Å². The van der Waals surface area contributed by atoms with Crippen LogP contribution in [-0.4, -0.2) is 24.8 Å². The average molecular weight is 272 g/mol. The van der Waals surface area contributed by atoms with E-state index in [1.165, 1.54) is 0 Å². The molecule has 1 atom stereocenters. The fourth-order valence-corrected chi connectivity index (χ4v) is 2.32. The van der Waals surface area contributed by atoms with E-state index in [-0.39, 0.29) is 4.99 Å². The molecule has 1 aromatic rings. The van der Waals surface area contributed by atoms with Gasteiger partial charge in [-0.05, 0) is 18.6 Å². The third kappa shape index (κ3) is 3.09. The molecule has 1 aliphatic heterocycles. The molecule has 5 heteroatoms. The van der Waals surface area contributed by atoms with Gasteiger partial charge in [0.15, 0.2) is 0 Å². The number of ether oxygens (including phenoxy) is 2. The second kappa shape index (κ2) is 5.67. The van der Waals surface area contributed by atoms with Gasteiger partial charge in [-0.25, -0.2) is 0 Å². The van der Waals surface area contributed by atoms with Crippen molar-refractivity contribution in [3.8, 4) is 5.75 Å². The molecule has 92 valence electrons. The van der Waals surface area contributed by atoms with Gasteiger partial charge < -0.3 is 15.2 Å². The molecule has 1 fully saturated rings. The third-order valence-electron chi connectivity index (χ3n) is 2.72. The molecule has 0 radical (unpaired) electrons. The van der Waals surface area contributed by atoms with E-state index in [2.05, 4.69) is 0 Å². The Hall–Kier alpha value is -0.840. The van der Waals surface area contributed by atoms with E-state index >= 15 is 0 Å². The molecule has 1 heterocycles. The van der Waals surface area contributed by atoms with Crippen LogP contribution in [-0.2, 0) is 4.74 Å². The smallest absolute Gasteiger partial charge is 0.130 e. The standard InChI is InChI=1S/C12H14ClNO2S/c13-9-2-1-3-10(11(9)12(14)17)16-7-8-4-5-15-6-8/h1-3,8H,4-7H2,(H2,14,17). The Labute approximate surface area is 111 Å². The van der Waals surface area contributed by atoms with Gasteiger partial charge >= 0.3 is 0 Å². The van der Waals surface area contributed by atoms with Crippen molar-refractivity contribution in [1.82, 2.24) is 0 Å². The Balaban J connectivity index is 2.09. The number of hydrogen-bond donors (Lipinski definition) is 1. The van der Waals surface area contributed by atoms with Gasteiger partial charge in [0.1, 0.15) is 10.7 Å². The minimum Gasteiger partial charge on any atom is -0.492 e. The van der Waals surface area contributed by atoms with Crippen molar-refractivity contribution < 1.29 is 9.47 Å². The predicted octanol–water partition coefficient (Wildman–Crippen LogP) is 2.39. The molecule has 1 aliphatic rings. The van der Waals surface area contributed by atoms with Gasteiger partial charge in [0.2, 0.25) is 0 Å². The zero-order valence-electron chi connectivity index (χ0n) is 9.32. The quantitative estimate of drug-likeness (QED) is 0.854. The topological polar surface area (TPSA) is 44.5 Å². The Kier molecular flexibility index (Phi) is 4.20. The second-order valence-corrected chi connectivity index (χ2v) is 4.86. The molecular formula is C12H14ClNO2S. The van der Waals surface area contributed by atoms with Gasteiger partial charge in [0, 0.05) is 12.5 Å². The largest absolute Gasteiger partial charge is 0.492 e. The van der Waals surface area contributed by atoms with E-state index < -0.39 is 0 Å². The molecule has 2 N–H and O–H groups in total. The Bertz CT molecular complexity index is 419. The number of halogens is 1. The van der Waals surface area contributed by atoms with Gasteiger partial charge in [0.05, 0.1) is 23.8 Å². The van der Waals surface area contributed by atoms with Gasteiger partial charge in [-0.15, -0.1) is 0 Å². The average Bonchev–Trinajstić information content (AvgIpc) is 2.78. The first-order valence-corrected chi connectivity index (χ1v) is 6.26. The molecule has 0 amide bonds. The molecule has 1 saturated heterocycles. The monoisotopic (exact) mass is 271 g/mol. The molecule has 0 spiro atoms. The maximum absolute atomic E-state index is 6.05. The SMILES string of the molecule is NC(=S)c1c(Cl)cccc1OCC1CCOC1. The molecule has 2 rings (SSSR count). The van der Waals surface area contributed by atoms with Crippen LogP contribution in [0.25, 0.3) is 0 Å². The summed E-state index contributed by atoms with van der Waals surface area (Å²) in [5, 5.41) is 0.526. The highest BCUT2D eigenvalue weighted by atomic mass is 35.5. The lowest BCUT2D eigenvalue weighted by atomic mass is 10.1. The maximum atomic E-state index is 6.05. The first-order chi connectivity index (χ1) is 8.18. The number of thiocarbonyl (C=S) groups is 1. The second-order valence-electron chi connectivity index (χ2n) is 4.02. The van der Waals surface area contributed by atoms with Crippen LogP contribution in [0.1, 0.15) is 12.0 Å². The molecule has 0 aromatic heterocycles. The zero-order chi connectivity index (χ0) is 12.3. The number of nitrogens with two attached hydrogens (primary N) is 1. The molecule has 17 heavy (non-hydrogen) atoms. The fraction of sp³-hybridized carbons (Fsp3) is 0.417. The number of hydrogen-bond acceptors (Lipinski definition) is 3. The lowest BCUT2D eigenvalue weighted by Gasteiger charge is -2.14. The summed E-state index contributed by atoms with van der Waals surface area (Å²) in [4.78, 5) is 0.258. The number of rotatable bonds is 4. The molecule has 1 unspecified atom stereocenters. The van der Waals surface area contributed by atoms with E-state index in [0.29, 0.717) is 28.9 Å². The van der Waals surface area contributed by atoms with E-state index in [0.717, 1.165) is 19.6 Å². The molecule has 3 nitrogen and oxygen atoms in total. The van der Waals surface area contributed by atoms with Crippen LogP contribution in [0.2, 0.25) is 5.02 Å². The Morgan fingerprint density at radius 2 is 2.41 bits per heavy atom. The highest BCUT2D eigenvalue weighted by Crippen LogP contribution is 2.27. The van der Waals surface area contributed by atoms with Gasteiger partial charge in [-0.2, -0.15) is 0 Å². The minimum absolute atomic E-state index is 0.258. The van der Waals surface area contributed by atoms with Crippen molar-refractivity contribution in [1.29, 1.82) is 0 Å². The fourth-order valence-electron chi connectivity index (χ4n) is 1.79. The van der Waals surface area contributed by atoms with Crippen molar-refractivity contribution in [2.45, 2.75) is 6.42 Å². The lowest BCUT2D eigenvalue weighted by molar-refractivity contribution is 0.167. The van der Waals surface area contributed by atoms with E-state index in [1.54, 1.807) is 6.07 Å². The molecule has 0 saturated carbocycles. The Morgan fingerprint density at radius 3 is 3.06 bits per heavy atom. The molecule has 0 bridgehead atoms. The highest BCUT2D eigenvalue weighted by molar-refractivity contribution is 7.80. The third-order valence-corrected chi connectivity index (χ3v) is 3.24. The van der Waals surface area contributed by atoms with Gasteiger partial charge in [-0.3, -0.25) is 0 Å². The van der Waals surface area contributed by atoms with E-state index in [4.69, 9.17) is 39.0 Å². The summed E-state index contributed by atoms with van der Waals surface area (Å²) in [5.41, 5.74) is 6.26. The summed E-state index contributed by atoms with van der Waals surface area (Å²) >= 11 is 11.0. The first kappa shape index (κ1) is 12.6. The van der Waals surface area contributed by atoms with Gasteiger partial charge in [0.25, 0.3) is 0 Å². The normalized spacial score (nSPS) is 19.2. The van der Waals surface area contributed by atoms with Crippen LogP contribution in [0.3, 0.4) is 0 Å². The molecule has 0 aliphatic carbocycles. The summed E-state index contributed by atoms with van der Waals surface area (Å²) in [6.45, 7) is 2.17. The van der Waals surface area contributed by atoms with Crippen LogP contribution in [0.5, 0.6) is 5.75 Å². The summed E-state index contributed by atoms with van der Waals surface area (Å²) in [6, 6.07) is 5.41. The minimum atomic E-state index is 0.258. The van der Waals surface area contributed by atoms with Crippen molar-refractivity contribution in [3.63, 3.8) is 0 Å². The molecule has 1 aromatic carbocycles. The van der Waals surface area contributed by atoms with Crippen LogP contribution in [0, 0.1) is 5.92 Å². The zero-order valence-corrected chi connectivity index (χ0v) is 10.9. The van der Waals surface area contributed by atoms with Crippen molar-refractivity contribution in [2.75, 3.05) is 19.8 Å². The molecular weight excluding hydrogens is 258 g/mol. The van der Waals surface area contributed by atoms with Gasteiger partial charge in [-0.1, -0.05) is 29.9 Å². The van der Waals surface area contributed by atoms with Crippen LogP contribution >= 0.6 is 23.8 Å². The Morgan fingerprint density at radius 1 is 1.59 bits per heavy atom. The summed E-state index contributed by atoms with van der Waals surface area (Å²) in [5.74, 6) is 1.09. The van der Waals surface area contributed by atoms with Crippen molar-refractivity contribution in [2.24, 2.45) is 11.7 Å². The summed E-state index contributed by atoms with van der Waals surface area (Å²) in [6.07, 6.45) is 1.03.